The van der Waals surface area contributed by atoms with Crippen molar-refractivity contribution >= 4 is 28.1 Å². The van der Waals surface area contributed by atoms with E-state index >= 15 is 0 Å². The predicted octanol–water partition coefficient (Wildman–Crippen LogP) is 2.29. The lowest BCUT2D eigenvalue weighted by Gasteiger charge is -2.34. The van der Waals surface area contributed by atoms with Crippen molar-refractivity contribution < 1.29 is 22.3 Å². The summed E-state index contributed by atoms with van der Waals surface area (Å²) in [5, 5.41) is 6.96. The first-order chi connectivity index (χ1) is 15.8. The molecule has 1 fully saturated rings. The lowest BCUT2D eigenvalue weighted by Crippen LogP contribution is -2.51. The number of benzene rings is 2. The average molecular weight is 492 g/mol. The summed E-state index contributed by atoms with van der Waals surface area (Å²) in [5.41, 5.74) is 0.766. The van der Waals surface area contributed by atoms with Gasteiger partial charge in [-0.3, -0.25) is 14.5 Å². The molecule has 2 aromatic carbocycles. The van der Waals surface area contributed by atoms with Crippen LogP contribution in [0.5, 0.6) is 5.75 Å². The number of aromatic nitrogens is 3. The molecule has 174 valence electrons. The quantitative estimate of drug-likeness (QED) is 0.531. The molecule has 0 atom stereocenters. The van der Waals surface area contributed by atoms with Crippen molar-refractivity contribution in [2.75, 3.05) is 33.3 Å². The number of methoxy groups -OCH3 is 1. The molecular formula is C21H22FN5O4S2. The minimum Gasteiger partial charge on any atom is -0.497 e. The zero-order chi connectivity index (χ0) is 23.6. The molecule has 1 amide bonds. The molecule has 1 aromatic heterocycles. The minimum absolute atomic E-state index is 0.0344. The Morgan fingerprint density at radius 2 is 1.85 bits per heavy atom. The zero-order valence-electron chi connectivity index (χ0n) is 17.8. The van der Waals surface area contributed by atoms with E-state index in [2.05, 4.69) is 10.2 Å². The largest absolute Gasteiger partial charge is 0.497 e. The number of carbonyl (C=O) groups excluding carboxylic acids is 1. The van der Waals surface area contributed by atoms with Gasteiger partial charge >= 0.3 is 0 Å². The number of nitrogens with zero attached hydrogens (tertiary/aromatic N) is 4. The molecule has 9 nitrogen and oxygen atoms in total. The molecule has 0 aliphatic carbocycles. The highest BCUT2D eigenvalue weighted by atomic mass is 32.2. The fourth-order valence-electron chi connectivity index (χ4n) is 3.61. The third-order valence-electron chi connectivity index (χ3n) is 5.43. The number of aromatic amines is 1. The van der Waals surface area contributed by atoms with Gasteiger partial charge in [0.2, 0.25) is 15.9 Å². The number of amides is 1. The fourth-order valence-corrected chi connectivity index (χ4v) is 5.27. The van der Waals surface area contributed by atoms with Crippen LogP contribution < -0.4 is 4.74 Å². The van der Waals surface area contributed by atoms with Crippen LogP contribution >= 0.6 is 12.2 Å². The Kier molecular flexibility index (Phi) is 6.58. The van der Waals surface area contributed by atoms with Gasteiger partial charge in [0.15, 0.2) is 10.6 Å². The predicted molar refractivity (Wildman–Crippen MR) is 121 cm³/mol. The van der Waals surface area contributed by atoms with Crippen LogP contribution in [0.2, 0.25) is 0 Å². The lowest BCUT2D eigenvalue weighted by molar-refractivity contribution is -0.133. The third kappa shape index (κ3) is 4.82. The molecule has 0 unspecified atom stereocenters. The van der Waals surface area contributed by atoms with Gasteiger partial charge in [0.25, 0.3) is 0 Å². The van der Waals surface area contributed by atoms with Crippen LogP contribution in [0.4, 0.5) is 4.39 Å². The van der Waals surface area contributed by atoms with Gasteiger partial charge in [-0.15, -0.1) is 0 Å². The summed E-state index contributed by atoms with van der Waals surface area (Å²) in [6.45, 7) is 0.638. The Bertz CT molecular complexity index is 1310. The SMILES string of the molecule is COc1ccc(-c2n[nH]c(=S)n2CC(=O)N2CCN(S(=O)(=O)c3cccc(F)c3)CC2)cc1. The van der Waals surface area contributed by atoms with Crippen molar-refractivity contribution in [2.24, 2.45) is 0 Å². The van der Waals surface area contributed by atoms with Gasteiger partial charge in [0.05, 0.1) is 12.0 Å². The van der Waals surface area contributed by atoms with E-state index < -0.39 is 15.8 Å². The lowest BCUT2D eigenvalue weighted by atomic mass is 10.2. The second-order valence-corrected chi connectivity index (χ2v) is 9.73. The van der Waals surface area contributed by atoms with Crippen LogP contribution in [0.1, 0.15) is 0 Å². The summed E-state index contributed by atoms with van der Waals surface area (Å²) in [6, 6.07) is 12.1. The van der Waals surface area contributed by atoms with Gasteiger partial charge in [-0.25, -0.2) is 12.8 Å². The number of hydrogen-bond donors (Lipinski definition) is 1. The Morgan fingerprint density at radius 1 is 1.15 bits per heavy atom. The summed E-state index contributed by atoms with van der Waals surface area (Å²) >= 11 is 5.30. The number of piperazine rings is 1. The molecule has 0 radical (unpaired) electrons. The van der Waals surface area contributed by atoms with Crippen molar-refractivity contribution in [1.29, 1.82) is 0 Å². The molecule has 1 aliphatic heterocycles. The molecule has 33 heavy (non-hydrogen) atoms. The summed E-state index contributed by atoms with van der Waals surface area (Å²) in [5.74, 6) is 0.393. The standard InChI is InChI=1S/C21H22FN5O4S2/c1-31-17-7-5-15(6-8-17)20-23-24-21(32)27(20)14-19(28)25-9-11-26(12-10-25)33(29,30)18-4-2-3-16(22)13-18/h2-8,13H,9-12,14H2,1H3,(H,24,32). The fraction of sp³-hybridized carbons (Fsp3) is 0.286. The van der Waals surface area contributed by atoms with Crippen LogP contribution in [0.25, 0.3) is 11.4 Å². The van der Waals surface area contributed by atoms with E-state index in [0.29, 0.717) is 16.3 Å². The van der Waals surface area contributed by atoms with Crippen molar-refractivity contribution in [3.05, 3.63) is 59.1 Å². The number of ether oxygens (including phenoxy) is 1. The maximum Gasteiger partial charge on any atom is 0.243 e. The smallest absolute Gasteiger partial charge is 0.243 e. The first-order valence-corrected chi connectivity index (χ1v) is 12.0. The van der Waals surface area contributed by atoms with Gasteiger partial charge in [-0.1, -0.05) is 6.07 Å². The molecule has 1 saturated heterocycles. The van der Waals surface area contributed by atoms with Crippen LogP contribution in [-0.4, -0.2) is 71.6 Å². The van der Waals surface area contributed by atoms with Crippen LogP contribution in [0.3, 0.4) is 0 Å². The topological polar surface area (TPSA) is 101 Å². The number of rotatable bonds is 6. The third-order valence-corrected chi connectivity index (χ3v) is 7.63. The highest BCUT2D eigenvalue weighted by molar-refractivity contribution is 7.89. The maximum absolute atomic E-state index is 13.5. The second kappa shape index (κ2) is 9.41. The van der Waals surface area contributed by atoms with E-state index in [9.17, 15) is 17.6 Å². The number of H-pyrrole nitrogens is 1. The maximum atomic E-state index is 13.5. The van der Waals surface area contributed by atoms with Gasteiger partial charge in [-0.2, -0.15) is 9.40 Å². The van der Waals surface area contributed by atoms with E-state index in [-0.39, 0.29) is 43.5 Å². The highest BCUT2D eigenvalue weighted by Gasteiger charge is 2.30. The molecule has 12 heteroatoms. The Balaban J connectivity index is 1.44. The summed E-state index contributed by atoms with van der Waals surface area (Å²) < 4.78 is 47.4. The van der Waals surface area contributed by atoms with E-state index in [1.54, 1.807) is 28.7 Å². The molecule has 4 rings (SSSR count). The normalized spacial score (nSPS) is 14.9. The van der Waals surface area contributed by atoms with Gasteiger partial charge < -0.3 is 9.64 Å². The molecule has 2 heterocycles. The summed E-state index contributed by atoms with van der Waals surface area (Å²) in [7, 11) is -2.25. The van der Waals surface area contributed by atoms with E-state index in [1.807, 2.05) is 12.1 Å². The summed E-state index contributed by atoms with van der Waals surface area (Å²) in [6.07, 6.45) is 0. The molecular weight excluding hydrogens is 469 g/mol. The molecule has 1 N–H and O–H groups in total. The number of nitrogens with one attached hydrogen (secondary N) is 1. The summed E-state index contributed by atoms with van der Waals surface area (Å²) in [4.78, 5) is 14.4. The van der Waals surface area contributed by atoms with Crippen molar-refractivity contribution in [1.82, 2.24) is 24.0 Å². The van der Waals surface area contributed by atoms with Crippen LogP contribution in [0.15, 0.2) is 53.4 Å². The number of hydrogen-bond acceptors (Lipinski definition) is 6. The minimum atomic E-state index is -3.83. The monoisotopic (exact) mass is 491 g/mol. The first-order valence-electron chi connectivity index (χ1n) is 10.1. The first kappa shape index (κ1) is 23.1. The molecule has 1 aliphatic rings. The highest BCUT2D eigenvalue weighted by Crippen LogP contribution is 2.22. The Labute approximate surface area is 195 Å². The van der Waals surface area contributed by atoms with Crippen molar-refractivity contribution in [2.45, 2.75) is 11.4 Å². The Morgan fingerprint density at radius 3 is 2.48 bits per heavy atom. The molecule has 3 aromatic rings. The van der Waals surface area contributed by atoms with Crippen molar-refractivity contribution in [3.8, 4) is 17.1 Å². The Hall–Kier alpha value is -3.09. The molecule has 0 saturated carbocycles. The zero-order valence-corrected chi connectivity index (χ0v) is 19.4. The number of carbonyl (C=O) groups is 1. The van der Waals surface area contributed by atoms with Gasteiger partial charge in [0.1, 0.15) is 18.1 Å². The van der Waals surface area contributed by atoms with Crippen LogP contribution in [0, 0.1) is 10.6 Å². The molecule has 0 spiro atoms. The van der Waals surface area contributed by atoms with Gasteiger partial charge in [0, 0.05) is 31.7 Å². The second-order valence-electron chi connectivity index (χ2n) is 7.41. The number of sulfonamides is 1. The van der Waals surface area contributed by atoms with Crippen LogP contribution in [-0.2, 0) is 21.4 Å². The number of halogens is 1. The van der Waals surface area contributed by atoms with Gasteiger partial charge in [-0.05, 0) is 54.7 Å². The van der Waals surface area contributed by atoms with E-state index in [0.717, 1.165) is 11.6 Å². The van der Waals surface area contributed by atoms with Crippen molar-refractivity contribution in [3.63, 3.8) is 0 Å². The molecule has 0 bridgehead atoms. The van der Waals surface area contributed by atoms with E-state index in [1.165, 1.54) is 22.5 Å². The average Bonchev–Trinajstić information content (AvgIpc) is 3.19. The van der Waals surface area contributed by atoms with E-state index in [4.69, 9.17) is 17.0 Å².